The summed E-state index contributed by atoms with van der Waals surface area (Å²) < 4.78 is 6.37. The van der Waals surface area contributed by atoms with Crippen molar-refractivity contribution in [2.45, 2.75) is 13.0 Å². The minimum absolute atomic E-state index is 0.117. The van der Waals surface area contributed by atoms with Crippen molar-refractivity contribution in [3.63, 3.8) is 0 Å². The quantitative estimate of drug-likeness (QED) is 0.237. The van der Waals surface area contributed by atoms with E-state index in [1.165, 1.54) is 6.21 Å². The van der Waals surface area contributed by atoms with Gasteiger partial charge >= 0.3 is 11.8 Å². The monoisotopic (exact) mass is 522 g/mol. The topological polar surface area (TPSA) is 109 Å². The molecule has 0 spiro atoms. The van der Waals surface area contributed by atoms with Crippen LogP contribution in [0.3, 0.4) is 0 Å². The molecule has 0 bridgehead atoms. The average Bonchev–Trinajstić information content (AvgIpc) is 2.85. The Balaban J connectivity index is 1.41. The van der Waals surface area contributed by atoms with Crippen molar-refractivity contribution < 1.29 is 19.1 Å². The number of rotatable bonds is 8. The van der Waals surface area contributed by atoms with Gasteiger partial charge in [-0.2, -0.15) is 5.10 Å². The Morgan fingerprint density at radius 3 is 2.29 bits per heavy atom. The summed E-state index contributed by atoms with van der Waals surface area (Å²) in [6, 6.07) is 23.1. The average molecular weight is 523 g/mol. The molecule has 3 N–H and O–H groups in total. The van der Waals surface area contributed by atoms with Gasteiger partial charge in [-0.15, -0.1) is 0 Å². The molecule has 0 saturated heterocycles. The molecule has 3 amide bonds. The van der Waals surface area contributed by atoms with Gasteiger partial charge in [0.15, 0.2) is 6.61 Å². The van der Waals surface area contributed by atoms with Crippen LogP contribution < -0.4 is 20.8 Å². The van der Waals surface area contributed by atoms with Gasteiger partial charge in [-0.05, 0) is 66.6 Å². The van der Waals surface area contributed by atoms with E-state index >= 15 is 0 Å². The summed E-state index contributed by atoms with van der Waals surface area (Å²) in [6.07, 6.45) is 1.39. The predicted octanol–water partition coefficient (Wildman–Crippen LogP) is 3.79. The molecule has 0 radical (unpaired) electrons. The maximum absolute atomic E-state index is 12.1. The van der Waals surface area contributed by atoms with Crippen molar-refractivity contribution >= 4 is 45.6 Å². The fourth-order valence-corrected chi connectivity index (χ4v) is 3.11. The molecule has 1 atom stereocenters. The summed E-state index contributed by atoms with van der Waals surface area (Å²) in [6.45, 7) is 1.79. The molecule has 9 heteroatoms. The van der Waals surface area contributed by atoms with Gasteiger partial charge in [-0.1, -0.05) is 46.3 Å². The molecule has 174 valence electrons. The normalized spacial score (nSPS) is 11.5. The molecule has 34 heavy (non-hydrogen) atoms. The third kappa shape index (κ3) is 7.86. The summed E-state index contributed by atoms with van der Waals surface area (Å²) in [7, 11) is 0. The second-order valence-corrected chi connectivity index (χ2v) is 8.13. The summed E-state index contributed by atoms with van der Waals surface area (Å²) >= 11 is 3.30. The first-order chi connectivity index (χ1) is 16.4. The standard InChI is InChI=1S/C25H23BrN4O4/c1-17(19-5-3-2-4-6-19)28-23(31)16-34-22-13-7-18(8-14-22)15-27-30-25(33)24(32)29-21-11-9-20(26)10-12-21/h2-15,17H,16H2,1H3,(H,28,31)(H,29,32)(H,30,33)/b27-15-/t17-/m1/s1. The van der Waals surface area contributed by atoms with Crippen molar-refractivity contribution in [1.29, 1.82) is 0 Å². The van der Waals surface area contributed by atoms with E-state index in [2.05, 4.69) is 37.1 Å². The number of hydrogen-bond acceptors (Lipinski definition) is 5. The lowest BCUT2D eigenvalue weighted by atomic mass is 10.1. The number of carbonyl (C=O) groups excluding carboxylic acids is 3. The molecular formula is C25H23BrN4O4. The molecule has 0 aliphatic rings. The molecular weight excluding hydrogens is 500 g/mol. The lowest BCUT2D eigenvalue weighted by Crippen LogP contribution is -2.32. The van der Waals surface area contributed by atoms with Crippen molar-refractivity contribution in [2.24, 2.45) is 5.10 Å². The fourth-order valence-electron chi connectivity index (χ4n) is 2.84. The SMILES string of the molecule is C[C@@H](NC(=O)COc1ccc(/C=N\NC(=O)C(=O)Nc2ccc(Br)cc2)cc1)c1ccccc1. The number of hydrogen-bond donors (Lipinski definition) is 3. The van der Waals surface area contributed by atoms with Gasteiger partial charge in [0.1, 0.15) is 5.75 Å². The highest BCUT2D eigenvalue weighted by atomic mass is 79.9. The van der Waals surface area contributed by atoms with E-state index in [1.54, 1.807) is 48.5 Å². The van der Waals surface area contributed by atoms with E-state index in [9.17, 15) is 14.4 Å². The van der Waals surface area contributed by atoms with E-state index < -0.39 is 11.8 Å². The summed E-state index contributed by atoms with van der Waals surface area (Å²) in [4.78, 5) is 35.9. The zero-order valence-corrected chi connectivity index (χ0v) is 19.9. The number of anilines is 1. The number of carbonyl (C=O) groups is 3. The Labute approximate surface area is 205 Å². The zero-order valence-electron chi connectivity index (χ0n) is 18.3. The van der Waals surface area contributed by atoms with Gasteiger partial charge in [0.2, 0.25) is 0 Å². The van der Waals surface area contributed by atoms with E-state index in [0.29, 0.717) is 17.0 Å². The Morgan fingerprint density at radius 1 is 0.941 bits per heavy atom. The molecule has 0 heterocycles. The molecule has 0 aliphatic heterocycles. The summed E-state index contributed by atoms with van der Waals surface area (Å²) in [5.74, 6) is -1.44. The number of hydrazone groups is 1. The molecule has 0 aromatic heterocycles. The maximum Gasteiger partial charge on any atom is 0.329 e. The highest BCUT2D eigenvalue weighted by Gasteiger charge is 2.13. The second-order valence-electron chi connectivity index (χ2n) is 7.22. The van der Waals surface area contributed by atoms with Crippen LogP contribution in [0, 0.1) is 0 Å². The van der Waals surface area contributed by atoms with Crippen molar-refractivity contribution in [2.75, 3.05) is 11.9 Å². The molecule has 8 nitrogen and oxygen atoms in total. The first-order valence-corrected chi connectivity index (χ1v) is 11.2. The highest BCUT2D eigenvalue weighted by Crippen LogP contribution is 2.14. The maximum atomic E-state index is 12.1. The summed E-state index contributed by atoms with van der Waals surface area (Å²) in [5, 5.41) is 9.14. The van der Waals surface area contributed by atoms with Crippen LogP contribution >= 0.6 is 15.9 Å². The van der Waals surface area contributed by atoms with E-state index in [1.807, 2.05) is 37.3 Å². The number of nitrogens with zero attached hydrogens (tertiary/aromatic N) is 1. The molecule has 3 rings (SSSR count). The number of halogens is 1. The lowest BCUT2D eigenvalue weighted by Gasteiger charge is -2.14. The Kier molecular flexibility index (Phi) is 8.93. The van der Waals surface area contributed by atoms with Crippen LogP contribution in [0.5, 0.6) is 5.75 Å². The highest BCUT2D eigenvalue weighted by molar-refractivity contribution is 9.10. The van der Waals surface area contributed by atoms with Crippen LogP contribution in [0.4, 0.5) is 5.69 Å². The van der Waals surface area contributed by atoms with Gasteiger partial charge in [0, 0.05) is 10.2 Å². The number of amides is 3. The van der Waals surface area contributed by atoms with E-state index in [-0.39, 0.29) is 18.6 Å². The molecule has 3 aromatic rings. The van der Waals surface area contributed by atoms with Crippen LogP contribution in [-0.4, -0.2) is 30.5 Å². The first kappa shape index (κ1) is 24.7. The minimum atomic E-state index is -0.894. The Bertz CT molecular complexity index is 1150. The number of nitrogens with one attached hydrogen (secondary N) is 3. The predicted molar refractivity (Wildman–Crippen MR) is 133 cm³/mol. The van der Waals surface area contributed by atoms with E-state index in [0.717, 1.165) is 10.0 Å². The molecule has 0 aliphatic carbocycles. The van der Waals surface area contributed by atoms with Gasteiger partial charge in [-0.3, -0.25) is 14.4 Å². The molecule has 0 unspecified atom stereocenters. The second kappa shape index (κ2) is 12.3. The number of benzene rings is 3. The van der Waals surface area contributed by atoms with Gasteiger partial charge in [0.25, 0.3) is 5.91 Å². The Morgan fingerprint density at radius 2 is 1.62 bits per heavy atom. The fraction of sp³-hybridized carbons (Fsp3) is 0.120. The lowest BCUT2D eigenvalue weighted by molar-refractivity contribution is -0.136. The van der Waals surface area contributed by atoms with Crippen molar-refractivity contribution in [1.82, 2.24) is 10.7 Å². The third-order valence-corrected chi connectivity index (χ3v) is 5.14. The van der Waals surface area contributed by atoms with Crippen molar-refractivity contribution in [3.05, 3.63) is 94.5 Å². The van der Waals surface area contributed by atoms with Crippen LogP contribution in [0.25, 0.3) is 0 Å². The summed E-state index contributed by atoms with van der Waals surface area (Å²) in [5.41, 5.74) is 4.35. The van der Waals surface area contributed by atoms with Gasteiger partial charge in [0.05, 0.1) is 12.3 Å². The van der Waals surface area contributed by atoms with Gasteiger partial charge < -0.3 is 15.4 Å². The smallest absolute Gasteiger partial charge is 0.329 e. The van der Waals surface area contributed by atoms with E-state index in [4.69, 9.17) is 4.74 Å². The van der Waals surface area contributed by atoms with Crippen molar-refractivity contribution in [3.8, 4) is 5.75 Å². The van der Waals surface area contributed by atoms with Gasteiger partial charge in [-0.25, -0.2) is 5.43 Å². The Hall–Kier alpha value is -3.98. The zero-order chi connectivity index (χ0) is 24.3. The van der Waals surface area contributed by atoms with Crippen LogP contribution in [0.1, 0.15) is 24.1 Å². The molecule has 3 aromatic carbocycles. The van der Waals surface area contributed by atoms with Crippen LogP contribution in [-0.2, 0) is 14.4 Å². The van der Waals surface area contributed by atoms with Crippen LogP contribution in [0.2, 0.25) is 0 Å². The van der Waals surface area contributed by atoms with Crippen LogP contribution in [0.15, 0.2) is 88.4 Å². The largest absolute Gasteiger partial charge is 0.484 e. The third-order valence-electron chi connectivity index (χ3n) is 4.62. The molecule has 0 fully saturated rings. The first-order valence-electron chi connectivity index (χ1n) is 10.4. The number of ether oxygens (including phenoxy) is 1. The minimum Gasteiger partial charge on any atom is -0.484 e. The molecule has 0 saturated carbocycles.